The van der Waals surface area contributed by atoms with Crippen molar-refractivity contribution in [3.8, 4) is 0 Å². The summed E-state index contributed by atoms with van der Waals surface area (Å²) in [4.78, 5) is 0. The zero-order valence-electron chi connectivity index (χ0n) is 10.5. The molecule has 2 fully saturated rings. The van der Waals surface area contributed by atoms with Crippen LogP contribution in [0.2, 0.25) is 5.02 Å². The van der Waals surface area contributed by atoms with Gasteiger partial charge < -0.3 is 5.32 Å². The Balaban J connectivity index is 1.64. The molecule has 2 saturated carbocycles. The van der Waals surface area contributed by atoms with Gasteiger partial charge >= 0.3 is 0 Å². The Hall–Kier alpha value is -0.760. The Bertz CT molecular complexity index is 431. The maximum atomic E-state index is 13.7. The Morgan fingerprint density at radius 3 is 2.67 bits per heavy atom. The SMILES string of the molecule is Fc1cc(Cl)ccc1NC1CCCC(C2CC2)C1. The molecule has 2 atom stereocenters. The first kappa shape index (κ1) is 12.3. The van der Waals surface area contributed by atoms with Gasteiger partial charge in [0.2, 0.25) is 0 Å². The van der Waals surface area contributed by atoms with Gasteiger partial charge in [0.15, 0.2) is 0 Å². The zero-order chi connectivity index (χ0) is 12.5. The Morgan fingerprint density at radius 1 is 1.11 bits per heavy atom. The molecule has 1 aromatic carbocycles. The molecule has 0 bridgehead atoms. The van der Waals surface area contributed by atoms with Gasteiger partial charge in [-0.05, 0) is 55.7 Å². The number of benzene rings is 1. The van der Waals surface area contributed by atoms with Gasteiger partial charge in [0, 0.05) is 11.1 Å². The summed E-state index contributed by atoms with van der Waals surface area (Å²) in [7, 11) is 0. The minimum atomic E-state index is -0.240. The van der Waals surface area contributed by atoms with Gasteiger partial charge in [-0.25, -0.2) is 4.39 Å². The first-order valence-electron chi connectivity index (χ1n) is 6.94. The minimum Gasteiger partial charge on any atom is -0.380 e. The van der Waals surface area contributed by atoms with E-state index in [4.69, 9.17) is 11.6 Å². The van der Waals surface area contributed by atoms with Crippen molar-refractivity contribution >= 4 is 17.3 Å². The van der Waals surface area contributed by atoms with Gasteiger partial charge in [0.05, 0.1) is 5.69 Å². The second-order valence-electron chi connectivity index (χ2n) is 5.73. The Labute approximate surface area is 113 Å². The van der Waals surface area contributed by atoms with Crippen molar-refractivity contribution in [2.45, 2.75) is 44.6 Å². The monoisotopic (exact) mass is 267 g/mol. The first-order valence-corrected chi connectivity index (χ1v) is 7.32. The lowest BCUT2D eigenvalue weighted by Crippen LogP contribution is -2.28. The van der Waals surface area contributed by atoms with Crippen LogP contribution in [0.3, 0.4) is 0 Å². The molecule has 0 saturated heterocycles. The quantitative estimate of drug-likeness (QED) is 0.825. The smallest absolute Gasteiger partial charge is 0.147 e. The molecule has 0 radical (unpaired) electrons. The molecule has 0 spiro atoms. The summed E-state index contributed by atoms with van der Waals surface area (Å²) in [6, 6.07) is 5.30. The number of anilines is 1. The maximum Gasteiger partial charge on any atom is 0.147 e. The van der Waals surface area contributed by atoms with E-state index >= 15 is 0 Å². The molecule has 1 nitrogen and oxygen atoms in total. The topological polar surface area (TPSA) is 12.0 Å². The van der Waals surface area contributed by atoms with Gasteiger partial charge in [-0.2, -0.15) is 0 Å². The van der Waals surface area contributed by atoms with Crippen molar-refractivity contribution in [3.63, 3.8) is 0 Å². The first-order chi connectivity index (χ1) is 8.72. The van der Waals surface area contributed by atoms with Gasteiger partial charge in [-0.15, -0.1) is 0 Å². The third-order valence-corrected chi connectivity index (χ3v) is 4.53. The van der Waals surface area contributed by atoms with Crippen molar-refractivity contribution in [2.75, 3.05) is 5.32 Å². The molecular formula is C15H19ClFN. The molecule has 18 heavy (non-hydrogen) atoms. The highest BCUT2D eigenvalue weighted by atomic mass is 35.5. The molecule has 3 heteroatoms. The molecular weight excluding hydrogens is 249 g/mol. The second-order valence-corrected chi connectivity index (χ2v) is 6.17. The number of hydrogen-bond donors (Lipinski definition) is 1. The summed E-state index contributed by atoms with van der Waals surface area (Å²) in [6.45, 7) is 0. The van der Waals surface area contributed by atoms with E-state index in [9.17, 15) is 4.39 Å². The van der Waals surface area contributed by atoms with E-state index in [1.54, 1.807) is 12.1 Å². The normalized spacial score (nSPS) is 28.1. The van der Waals surface area contributed by atoms with Crippen LogP contribution in [0.25, 0.3) is 0 Å². The Kier molecular flexibility index (Phi) is 3.47. The third kappa shape index (κ3) is 2.80. The third-order valence-electron chi connectivity index (χ3n) is 4.29. The molecule has 0 aliphatic heterocycles. The van der Waals surface area contributed by atoms with Crippen molar-refractivity contribution in [1.29, 1.82) is 0 Å². The average Bonchev–Trinajstić information content (AvgIpc) is 3.17. The number of hydrogen-bond acceptors (Lipinski definition) is 1. The molecule has 1 aromatic rings. The van der Waals surface area contributed by atoms with Crippen LogP contribution in [0.1, 0.15) is 38.5 Å². The number of rotatable bonds is 3. The largest absolute Gasteiger partial charge is 0.380 e. The van der Waals surface area contributed by atoms with Crippen LogP contribution in [0.15, 0.2) is 18.2 Å². The lowest BCUT2D eigenvalue weighted by atomic mass is 9.82. The summed E-state index contributed by atoms with van der Waals surface area (Å²) in [6.07, 6.45) is 7.82. The molecule has 1 N–H and O–H groups in total. The number of halogens is 2. The molecule has 3 rings (SSSR count). The highest BCUT2D eigenvalue weighted by Crippen LogP contribution is 2.44. The Morgan fingerprint density at radius 2 is 1.94 bits per heavy atom. The lowest BCUT2D eigenvalue weighted by Gasteiger charge is -2.30. The molecule has 2 unspecified atom stereocenters. The van der Waals surface area contributed by atoms with Crippen LogP contribution in [-0.4, -0.2) is 6.04 Å². The fourth-order valence-corrected chi connectivity index (χ4v) is 3.34. The van der Waals surface area contributed by atoms with Gasteiger partial charge in [-0.3, -0.25) is 0 Å². The zero-order valence-corrected chi connectivity index (χ0v) is 11.2. The summed E-state index contributed by atoms with van der Waals surface area (Å²) in [5.41, 5.74) is 0.598. The minimum absolute atomic E-state index is 0.240. The van der Waals surface area contributed by atoms with E-state index in [1.807, 2.05) is 0 Å². The van der Waals surface area contributed by atoms with Gasteiger partial charge in [0.25, 0.3) is 0 Å². The van der Waals surface area contributed by atoms with Crippen LogP contribution in [0.5, 0.6) is 0 Å². The van der Waals surface area contributed by atoms with Crippen LogP contribution >= 0.6 is 11.6 Å². The fraction of sp³-hybridized carbons (Fsp3) is 0.600. The molecule has 98 valence electrons. The molecule has 0 heterocycles. The number of nitrogens with one attached hydrogen (secondary N) is 1. The van der Waals surface area contributed by atoms with E-state index in [0.717, 1.165) is 18.3 Å². The summed E-state index contributed by atoms with van der Waals surface area (Å²) in [5.74, 6) is 1.59. The van der Waals surface area contributed by atoms with E-state index in [-0.39, 0.29) is 5.82 Å². The van der Waals surface area contributed by atoms with E-state index < -0.39 is 0 Å². The predicted octanol–water partition coefficient (Wildman–Crippen LogP) is 4.86. The highest BCUT2D eigenvalue weighted by molar-refractivity contribution is 6.30. The van der Waals surface area contributed by atoms with Crippen LogP contribution < -0.4 is 5.32 Å². The summed E-state index contributed by atoms with van der Waals surface area (Å²) in [5, 5.41) is 3.81. The van der Waals surface area contributed by atoms with Crippen LogP contribution in [-0.2, 0) is 0 Å². The van der Waals surface area contributed by atoms with Crippen molar-refractivity contribution < 1.29 is 4.39 Å². The van der Waals surface area contributed by atoms with E-state index in [1.165, 1.54) is 38.2 Å². The summed E-state index contributed by atoms with van der Waals surface area (Å²) < 4.78 is 13.7. The molecule has 0 amide bonds. The fourth-order valence-electron chi connectivity index (χ4n) is 3.18. The molecule has 2 aliphatic rings. The standard InChI is InChI=1S/C15H19ClFN/c16-12-6-7-15(14(17)9-12)18-13-3-1-2-11(8-13)10-4-5-10/h6-7,9-11,13,18H,1-5,8H2. The van der Waals surface area contributed by atoms with E-state index in [0.29, 0.717) is 16.8 Å². The van der Waals surface area contributed by atoms with Crippen LogP contribution in [0, 0.1) is 17.7 Å². The molecule has 2 aliphatic carbocycles. The molecule has 0 aromatic heterocycles. The van der Waals surface area contributed by atoms with Gasteiger partial charge in [-0.1, -0.05) is 24.4 Å². The van der Waals surface area contributed by atoms with Crippen LogP contribution in [0.4, 0.5) is 10.1 Å². The van der Waals surface area contributed by atoms with E-state index in [2.05, 4.69) is 5.32 Å². The summed E-state index contributed by atoms with van der Waals surface area (Å²) >= 11 is 5.76. The maximum absolute atomic E-state index is 13.7. The highest BCUT2D eigenvalue weighted by Gasteiger charge is 2.34. The van der Waals surface area contributed by atoms with Crippen molar-refractivity contribution in [2.24, 2.45) is 11.8 Å². The van der Waals surface area contributed by atoms with Crippen molar-refractivity contribution in [1.82, 2.24) is 0 Å². The lowest BCUT2D eigenvalue weighted by molar-refractivity contribution is 0.302. The van der Waals surface area contributed by atoms with Gasteiger partial charge in [0.1, 0.15) is 5.82 Å². The predicted molar refractivity (Wildman–Crippen MR) is 73.5 cm³/mol. The second kappa shape index (κ2) is 5.08. The van der Waals surface area contributed by atoms with Crippen molar-refractivity contribution in [3.05, 3.63) is 29.0 Å². The average molecular weight is 268 g/mol.